The lowest BCUT2D eigenvalue weighted by Gasteiger charge is -2.19. The van der Waals surface area contributed by atoms with Gasteiger partial charge in [0.15, 0.2) is 0 Å². The van der Waals surface area contributed by atoms with Crippen LogP contribution in [0.2, 0.25) is 0 Å². The Labute approximate surface area is 111 Å². The third-order valence-corrected chi connectivity index (χ3v) is 4.55. The fourth-order valence-electron chi connectivity index (χ4n) is 1.90. The van der Waals surface area contributed by atoms with Crippen molar-refractivity contribution in [1.82, 2.24) is 4.90 Å². The number of carboxylic acid groups (broad SMARTS) is 1. The molecule has 2 amide bonds. The van der Waals surface area contributed by atoms with Crippen LogP contribution in [-0.2, 0) is 14.4 Å². The van der Waals surface area contributed by atoms with E-state index in [9.17, 15) is 14.4 Å². The molecule has 1 heterocycles. The summed E-state index contributed by atoms with van der Waals surface area (Å²) in [4.78, 5) is 36.0. The Morgan fingerprint density at radius 3 is 2.56 bits per heavy atom. The van der Waals surface area contributed by atoms with Gasteiger partial charge in [-0.05, 0) is 12.3 Å². The highest BCUT2D eigenvalue weighted by molar-refractivity contribution is 8.01. The summed E-state index contributed by atoms with van der Waals surface area (Å²) in [6.07, 6.45) is 0.849. The van der Waals surface area contributed by atoms with Crippen LogP contribution in [0.1, 0.15) is 33.6 Å². The molecule has 2 unspecified atom stereocenters. The van der Waals surface area contributed by atoms with E-state index in [0.29, 0.717) is 6.54 Å². The third kappa shape index (κ3) is 3.25. The van der Waals surface area contributed by atoms with E-state index in [2.05, 4.69) is 0 Å². The van der Waals surface area contributed by atoms with Crippen molar-refractivity contribution in [1.29, 1.82) is 0 Å². The largest absolute Gasteiger partial charge is 0.480 e. The number of hydrogen-bond acceptors (Lipinski definition) is 4. The summed E-state index contributed by atoms with van der Waals surface area (Å²) < 4.78 is 0. The standard InChI is InChI=1S/C12H19NO4S/c1-4-5-13-9(14)6-8(11(13)15)18-10(7(2)3)12(16)17/h7-8,10H,4-6H2,1-3H3,(H,16,17). The molecule has 18 heavy (non-hydrogen) atoms. The summed E-state index contributed by atoms with van der Waals surface area (Å²) in [7, 11) is 0. The zero-order chi connectivity index (χ0) is 13.9. The number of likely N-dealkylation sites (tertiary alicyclic amines) is 1. The van der Waals surface area contributed by atoms with Crippen LogP contribution in [0, 0.1) is 5.92 Å². The summed E-state index contributed by atoms with van der Waals surface area (Å²) in [6, 6.07) is 0. The van der Waals surface area contributed by atoms with Crippen LogP contribution >= 0.6 is 11.8 Å². The van der Waals surface area contributed by atoms with E-state index < -0.39 is 16.5 Å². The molecule has 1 N–H and O–H groups in total. The number of carboxylic acids is 1. The van der Waals surface area contributed by atoms with Crippen LogP contribution in [-0.4, -0.2) is 44.8 Å². The van der Waals surface area contributed by atoms with Crippen molar-refractivity contribution in [3.05, 3.63) is 0 Å². The van der Waals surface area contributed by atoms with Crippen molar-refractivity contribution in [2.75, 3.05) is 6.54 Å². The lowest BCUT2D eigenvalue weighted by molar-refractivity contribution is -0.138. The van der Waals surface area contributed by atoms with Gasteiger partial charge in [0.2, 0.25) is 11.8 Å². The van der Waals surface area contributed by atoms with Gasteiger partial charge in [-0.15, -0.1) is 11.8 Å². The molecule has 102 valence electrons. The van der Waals surface area contributed by atoms with Gasteiger partial charge in [-0.25, -0.2) is 0 Å². The van der Waals surface area contributed by atoms with Crippen molar-refractivity contribution in [2.24, 2.45) is 5.92 Å². The topological polar surface area (TPSA) is 74.7 Å². The summed E-state index contributed by atoms with van der Waals surface area (Å²) in [6.45, 7) is 5.93. The first kappa shape index (κ1) is 15.0. The number of rotatable bonds is 6. The monoisotopic (exact) mass is 273 g/mol. The van der Waals surface area contributed by atoms with Gasteiger partial charge in [0.25, 0.3) is 0 Å². The van der Waals surface area contributed by atoms with Gasteiger partial charge in [-0.2, -0.15) is 0 Å². The van der Waals surface area contributed by atoms with E-state index in [-0.39, 0.29) is 24.2 Å². The van der Waals surface area contributed by atoms with Crippen LogP contribution in [0.3, 0.4) is 0 Å². The van der Waals surface area contributed by atoms with E-state index in [1.54, 1.807) is 13.8 Å². The number of amides is 2. The summed E-state index contributed by atoms with van der Waals surface area (Å²) in [5.74, 6) is -1.43. The van der Waals surface area contributed by atoms with E-state index in [0.717, 1.165) is 18.2 Å². The minimum atomic E-state index is -0.927. The second kappa shape index (κ2) is 6.22. The van der Waals surface area contributed by atoms with Gasteiger partial charge in [0.1, 0.15) is 5.25 Å². The molecule has 1 aliphatic rings. The molecule has 0 aliphatic carbocycles. The highest BCUT2D eigenvalue weighted by atomic mass is 32.2. The summed E-state index contributed by atoms with van der Waals surface area (Å²) in [5, 5.41) is 7.92. The van der Waals surface area contributed by atoms with Gasteiger partial charge in [-0.3, -0.25) is 19.3 Å². The van der Waals surface area contributed by atoms with Gasteiger partial charge >= 0.3 is 5.97 Å². The van der Waals surface area contributed by atoms with Crippen LogP contribution in [0.25, 0.3) is 0 Å². The van der Waals surface area contributed by atoms with Crippen molar-refractivity contribution >= 4 is 29.5 Å². The minimum absolute atomic E-state index is 0.0735. The summed E-state index contributed by atoms with van der Waals surface area (Å²) in [5.41, 5.74) is 0. The number of nitrogens with zero attached hydrogens (tertiary/aromatic N) is 1. The molecular weight excluding hydrogens is 254 g/mol. The third-order valence-electron chi connectivity index (χ3n) is 2.81. The maximum absolute atomic E-state index is 12.0. The number of hydrogen-bond donors (Lipinski definition) is 1. The fourth-order valence-corrected chi connectivity index (χ4v) is 3.16. The average molecular weight is 273 g/mol. The molecule has 1 aliphatic heterocycles. The van der Waals surface area contributed by atoms with E-state index in [4.69, 9.17) is 5.11 Å². The molecule has 0 aromatic carbocycles. The van der Waals surface area contributed by atoms with Gasteiger partial charge < -0.3 is 5.11 Å². The Kier molecular flexibility index (Phi) is 5.19. The lowest BCUT2D eigenvalue weighted by atomic mass is 10.1. The first-order chi connectivity index (χ1) is 8.38. The van der Waals surface area contributed by atoms with E-state index in [1.165, 1.54) is 4.90 Å². The molecule has 1 rings (SSSR count). The molecule has 5 nitrogen and oxygen atoms in total. The van der Waals surface area contributed by atoms with Crippen molar-refractivity contribution in [3.8, 4) is 0 Å². The smallest absolute Gasteiger partial charge is 0.316 e. The Bertz CT molecular complexity index is 356. The van der Waals surface area contributed by atoms with Gasteiger partial charge in [0, 0.05) is 13.0 Å². The second-order valence-corrected chi connectivity index (χ2v) is 6.06. The average Bonchev–Trinajstić information content (AvgIpc) is 2.53. The number of carbonyl (C=O) groups is 3. The zero-order valence-corrected chi connectivity index (χ0v) is 11.7. The molecule has 1 saturated heterocycles. The van der Waals surface area contributed by atoms with E-state index in [1.807, 2.05) is 6.92 Å². The zero-order valence-electron chi connectivity index (χ0n) is 10.9. The number of thioether (sulfide) groups is 1. The second-order valence-electron chi connectivity index (χ2n) is 4.72. The molecule has 0 radical (unpaired) electrons. The molecule has 2 atom stereocenters. The molecule has 0 aromatic rings. The van der Waals surface area contributed by atoms with Crippen LogP contribution in [0.5, 0.6) is 0 Å². The fraction of sp³-hybridized carbons (Fsp3) is 0.750. The SMILES string of the molecule is CCCN1C(=O)CC(SC(C(=O)O)C(C)C)C1=O. The first-order valence-corrected chi connectivity index (χ1v) is 7.05. The lowest BCUT2D eigenvalue weighted by Crippen LogP contribution is -2.33. The number of imide groups is 1. The summed E-state index contributed by atoms with van der Waals surface area (Å²) >= 11 is 1.10. The molecule has 6 heteroatoms. The number of carbonyl (C=O) groups excluding carboxylic acids is 2. The van der Waals surface area contributed by atoms with E-state index >= 15 is 0 Å². The predicted octanol–water partition coefficient (Wildman–Crippen LogP) is 1.37. The normalized spacial score (nSPS) is 21.8. The quantitative estimate of drug-likeness (QED) is 0.740. The molecule has 0 spiro atoms. The van der Waals surface area contributed by atoms with Crippen molar-refractivity contribution in [2.45, 2.75) is 44.1 Å². The minimum Gasteiger partial charge on any atom is -0.480 e. The Balaban J connectivity index is 2.71. The van der Waals surface area contributed by atoms with Crippen molar-refractivity contribution in [3.63, 3.8) is 0 Å². The van der Waals surface area contributed by atoms with Crippen LogP contribution in [0.15, 0.2) is 0 Å². The maximum Gasteiger partial charge on any atom is 0.316 e. The number of aliphatic carboxylic acids is 1. The van der Waals surface area contributed by atoms with Gasteiger partial charge in [0.05, 0.1) is 5.25 Å². The maximum atomic E-state index is 12.0. The molecule has 0 saturated carbocycles. The Morgan fingerprint density at radius 2 is 2.11 bits per heavy atom. The Hall–Kier alpha value is -1.04. The Morgan fingerprint density at radius 1 is 1.50 bits per heavy atom. The van der Waals surface area contributed by atoms with Gasteiger partial charge in [-0.1, -0.05) is 20.8 Å². The van der Waals surface area contributed by atoms with Crippen LogP contribution < -0.4 is 0 Å². The highest BCUT2D eigenvalue weighted by Gasteiger charge is 2.41. The first-order valence-electron chi connectivity index (χ1n) is 6.11. The highest BCUT2D eigenvalue weighted by Crippen LogP contribution is 2.31. The molecular formula is C12H19NO4S. The van der Waals surface area contributed by atoms with Crippen LogP contribution in [0.4, 0.5) is 0 Å². The molecule has 0 bridgehead atoms. The molecule has 0 aromatic heterocycles. The van der Waals surface area contributed by atoms with Crippen molar-refractivity contribution < 1.29 is 19.5 Å². The molecule has 1 fully saturated rings. The predicted molar refractivity (Wildman–Crippen MR) is 69.3 cm³/mol.